The van der Waals surface area contributed by atoms with E-state index in [0.717, 1.165) is 0 Å². The highest BCUT2D eigenvalue weighted by atomic mass is 16.5. The Morgan fingerprint density at radius 3 is 2.39 bits per heavy atom. The fourth-order valence-electron chi connectivity index (χ4n) is 2.66. The molecule has 0 fully saturated rings. The monoisotopic (exact) mass is 312 g/mol. The average molecular weight is 312 g/mol. The third-order valence-electron chi connectivity index (χ3n) is 3.84. The van der Waals surface area contributed by atoms with Gasteiger partial charge >= 0.3 is 5.97 Å². The zero-order chi connectivity index (χ0) is 16.4. The quantitative estimate of drug-likeness (QED) is 0.627. The number of esters is 1. The Hall–Kier alpha value is -2.82. The molecule has 1 aliphatic heterocycles. The summed E-state index contributed by atoms with van der Waals surface area (Å²) in [7, 11) is 3.02. The highest BCUT2D eigenvalue weighted by Crippen LogP contribution is 2.40. The maximum absolute atomic E-state index is 12.3. The van der Waals surface area contributed by atoms with Crippen LogP contribution in [0.15, 0.2) is 42.5 Å². The van der Waals surface area contributed by atoms with E-state index >= 15 is 0 Å². The molecule has 23 heavy (non-hydrogen) atoms. The van der Waals surface area contributed by atoms with Crippen LogP contribution < -0.4 is 9.47 Å². The first-order valence-electron chi connectivity index (χ1n) is 7.19. The van der Waals surface area contributed by atoms with Crippen molar-refractivity contribution < 1.29 is 23.8 Å². The molecule has 0 aromatic heterocycles. The summed E-state index contributed by atoms with van der Waals surface area (Å²) in [5.41, 5.74) is 1.66. The van der Waals surface area contributed by atoms with Gasteiger partial charge in [0.1, 0.15) is 6.10 Å². The largest absolute Gasteiger partial charge is 0.493 e. The summed E-state index contributed by atoms with van der Waals surface area (Å²) in [5, 5.41) is 0. The van der Waals surface area contributed by atoms with Gasteiger partial charge in [-0.2, -0.15) is 0 Å². The SMILES string of the molecule is COc1cc2c(cc1OC)C(CC(=O)c1ccccc1)OC2=O. The zero-order valence-corrected chi connectivity index (χ0v) is 12.9. The Kier molecular flexibility index (Phi) is 4.02. The lowest BCUT2D eigenvalue weighted by atomic mass is 9.98. The second-order valence-electron chi connectivity index (χ2n) is 5.18. The molecule has 5 heteroatoms. The van der Waals surface area contributed by atoms with E-state index < -0.39 is 12.1 Å². The van der Waals surface area contributed by atoms with Gasteiger partial charge in [0, 0.05) is 11.1 Å². The van der Waals surface area contributed by atoms with Crippen LogP contribution >= 0.6 is 0 Å². The Morgan fingerprint density at radius 2 is 1.74 bits per heavy atom. The molecule has 0 amide bonds. The van der Waals surface area contributed by atoms with Crippen LogP contribution in [0, 0.1) is 0 Å². The van der Waals surface area contributed by atoms with Gasteiger partial charge in [-0.05, 0) is 12.1 Å². The number of cyclic esters (lactones) is 1. The van der Waals surface area contributed by atoms with Crippen LogP contribution in [0.5, 0.6) is 11.5 Å². The van der Waals surface area contributed by atoms with Crippen molar-refractivity contribution in [3.63, 3.8) is 0 Å². The second kappa shape index (κ2) is 6.12. The van der Waals surface area contributed by atoms with E-state index in [1.54, 1.807) is 36.4 Å². The van der Waals surface area contributed by atoms with E-state index in [2.05, 4.69) is 0 Å². The van der Waals surface area contributed by atoms with Crippen molar-refractivity contribution in [1.29, 1.82) is 0 Å². The van der Waals surface area contributed by atoms with Crippen molar-refractivity contribution in [3.8, 4) is 11.5 Å². The highest BCUT2D eigenvalue weighted by Gasteiger charge is 2.34. The molecule has 2 aromatic rings. The minimum Gasteiger partial charge on any atom is -0.493 e. The predicted molar refractivity (Wildman–Crippen MR) is 83.1 cm³/mol. The highest BCUT2D eigenvalue weighted by molar-refractivity contribution is 5.99. The molecular weight excluding hydrogens is 296 g/mol. The van der Waals surface area contributed by atoms with Crippen molar-refractivity contribution in [2.75, 3.05) is 14.2 Å². The molecule has 1 atom stereocenters. The van der Waals surface area contributed by atoms with Crippen molar-refractivity contribution >= 4 is 11.8 Å². The first-order chi connectivity index (χ1) is 11.1. The number of hydrogen-bond donors (Lipinski definition) is 0. The topological polar surface area (TPSA) is 61.8 Å². The number of Topliss-reactive ketones (excluding diaryl/α,β-unsaturated/α-hetero) is 1. The van der Waals surface area contributed by atoms with Gasteiger partial charge in [-0.1, -0.05) is 30.3 Å². The molecule has 1 unspecified atom stereocenters. The van der Waals surface area contributed by atoms with Crippen molar-refractivity contribution in [1.82, 2.24) is 0 Å². The average Bonchev–Trinajstić information content (AvgIpc) is 2.89. The van der Waals surface area contributed by atoms with Crippen LogP contribution in [0.2, 0.25) is 0 Å². The normalized spacial score (nSPS) is 15.7. The Bertz CT molecular complexity index is 752. The fraction of sp³-hybridized carbons (Fsp3) is 0.222. The molecule has 118 valence electrons. The molecule has 0 bridgehead atoms. The number of ether oxygens (including phenoxy) is 3. The summed E-state index contributed by atoms with van der Waals surface area (Å²) in [4.78, 5) is 24.4. The molecule has 0 radical (unpaired) electrons. The van der Waals surface area contributed by atoms with E-state index in [9.17, 15) is 9.59 Å². The van der Waals surface area contributed by atoms with Crippen LogP contribution in [-0.2, 0) is 4.74 Å². The smallest absolute Gasteiger partial charge is 0.339 e. The van der Waals surface area contributed by atoms with Gasteiger partial charge in [-0.15, -0.1) is 0 Å². The molecule has 0 N–H and O–H groups in total. The summed E-state index contributed by atoms with van der Waals surface area (Å²) in [6.07, 6.45) is -0.511. The van der Waals surface area contributed by atoms with Crippen molar-refractivity contribution in [3.05, 3.63) is 59.2 Å². The molecule has 5 nitrogen and oxygen atoms in total. The Morgan fingerprint density at radius 1 is 1.09 bits per heavy atom. The number of methoxy groups -OCH3 is 2. The van der Waals surface area contributed by atoms with Crippen LogP contribution in [-0.4, -0.2) is 26.0 Å². The number of hydrogen-bond acceptors (Lipinski definition) is 5. The van der Waals surface area contributed by atoms with E-state index in [1.165, 1.54) is 14.2 Å². The molecule has 0 saturated heterocycles. The Balaban J connectivity index is 1.90. The van der Waals surface area contributed by atoms with Crippen molar-refractivity contribution in [2.24, 2.45) is 0 Å². The molecule has 0 spiro atoms. The maximum Gasteiger partial charge on any atom is 0.339 e. The fourth-order valence-corrected chi connectivity index (χ4v) is 2.66. The number of carbonyl (C=O) groups is 2. The molecular formula is C18H16O5. The van der Waals surface area contributed by atoms with E-state index in [4.69, 9.17) is 14.2 Å². The lowest BCUT2D eigenvalue weighted by Crippen LogP contribution is -2.07. The number of benzene rings is 2. The maximum atomic E-state index is 12.3. The first-order valence-corrected chi connectivity index (χ1v) is 7.19. The summed E-state index contributed by atoms with van der Waals surface area (Å²) >= 11 is 0. The lowest BCUT2D eigenvalue weighted by Gasteiger charge is -2.12. The molecule has 1 aliphatic rings. The molecule has 3 rings (SSSR count). The summed E-state index contributed by atoms with van der Waals surface area (Å²) in [6, 6.07) is 12.2. The molecule has 0 saturated carbocycles. The minimum atomic E-state index is -0.606. The van der Waals surface area contributed by atoms with E-state index in [-0.39, 0.29) is 12.2 Å². The third kappa shape index (κ3) is 2.77. The molecule has 1 heterocycles. The molecule has 0 aliphatic carbocycles. The summed E-state index contributed by atoms with van der Waals surface area (Å²) < 4.78 is 15.8. The van der Waals surface area contributed by atoms with Gasteiger partial charge in [0.15, 0.2) is 17.3 Å². The minimum absolute atomic E-state index is 0.0777. The van der Waals surface area contributed by atoms with E-state index in [0.29, 0.717) is 28.2 Å². The lowest BCUT2D eigenvalue weighted by molar-refractivity contribution is 0.0367. The van der Waals surface area contributed by atoms with Crippen LogP contribution in [0.1, 0.15) is 38.8 Å². The summed E-state index contributed by atoms with van der Waals surface area (Å²) in [6.45, 7) is 0. The van der Waals surface area contributed by atoms with Gasteiger partial charge in [0.25, 0.3) is 0 Å². The number of carbonyl (C=O) groups excluding carboxylic acids is 2. The predicted octanol–water partition coefficient (Wildman–Crippen LogP) is 3.19. The molecule has 2 aromatic carbocycles. The standard InChI is InChI=1S/C18H16O5/c1-21-16-8-12-13(9-17(16)22-2)18(20)23-15(12)10-14(19)11-6-4-3-5-7-11/h3-9,15H,10H2,1-2H3. The number of rotatable bonds is 5. The number of ketones is 1. The Labute approximate surface area is 133 Å². The van der Waals surface area contributed by atoms with Gasteiger partial charge in [0.2, 0.25) is 0 Å². The second-order valence-corrected chi connectivity index (χ2v) is 5.18. The summed E-state index contributed by atoms with van der Waals surface area (Å²) in [5.74, 6) is 0.429. The van der Waals surface area contributed by atoms with Crippen LogP contribution in [0.4, 0.5) is 0 Å². The number of fused-ring (bicyclic) bond motifs is 1. The van der Waals surface area contributed by atoms with Gasteiger partial charge in [-0.25, -0.2) is 4.79 Å². The van der Waals surface area contributed by atoms with Gasteiger partial charge < -0.3 is 14.2 Å². The van der Waals surface area contributed by atoms with Gasteiger partial charge in [0.05, 0.1) is 26.2 Å². The third-order valence-corrected chi connectivity index (χ3v) is 3.84. The zero-order valence-electron chi connectivity index (χ0n) is 12.9. The van der Waals surface area contributed by atoms with Crippen LogP contribution in [0.3, 0.4) is 0 Å². The first kappa shape index (κ1) is 15.1. The van der Waals surface area contributed by atoms with Gasteiger partial charge in [-0.3, -0.25) is 4.79 Å². The van der Waals surface area contributed by atoms with Crippen molar-refractivity contribution in [2.45, 2.75) is 12.5 Å². The van der Waals surface area contributed by atoms with E-state index in [1.807, 2.05) is 6.07 Å². The van der Waals surface area contributed by atoms with Crippen LogP contribution in [0.25, 0.3) is 0 Å².